The molecule has 0 saturated heterocycles. The normalized spacial score (nSPS) is 10.3. The summed E-state index contributed by atoms with van der Waals surface area (Å²) in [5.41, 5.74) is 1.30. The summed E-state index contributed by atoms with van der Waals surface area (Å²) in [4.78, 5) is 5.06. The highest BCUT2D eigenvalue weighted by Gasteiger charge is 2.17. The van der Waals surface area contributed by atoms with Crippen molar-refractivity contribution in [1.29, 1.82) is 5.26 Å². The van der Waals surface area contributed by atoms with Gasteiger partial charge in [-0.3, -0.25) is 0 Å². The number of hydrogen-bond acceptors (Lipinski definition) is 6. The van der Waals surface area contributed by atoms with Gasteiger partial charge in [-0.25, -0.2) is 0 Å². The molecule has 6 heteroatoms. The SMILES string of the molecule is CCOc1ccccc1-c1noc(-c2sccc2C#N)n1. The van der Waals surface area contributed by atoms with Crippen LogP contribution in [-0.4, -0.2) is 16.7 Å². The lowest BCUT2D eigenvalue weighted by atomic mass is 10.2. The number of rotatable bonds is 4. The van der Waals surface area contributed by atoms with Crippen molar-refractivity contribution in [2.75, 3.05) is 6.61 Å². The first-order chi connectivity index (χ1) is 10.3. The Morgan fingerprint density at radius 2 is 2.19 bits per heavy atom. The van der Waals surface area contributed by atoms with Gasteiger partial charge in [0.05, 0.1) is 17.7 Å². The van der Waals surface area contributed by atoms with Crippen molar-refractivity contribution in [2.45, 2.75) is 6.92 Å². The lowest BCUT2D eigenvalue weighted by Gasteiger charge is -2.05. The van der Waals surface area contributed by atoms with Crippen LogP contribution in [0.1, 0.15) is 12.5 Å². The topological polar surface area (TPSA) is 71.9 Å². The molecule has 0 unspecified atom stereocenters. The molecule has 0 saturated carbocycles. The number of benzene rings is 1. The number of hydrogen-bond donors (Lipinski definition) is 0. The van der Waals surface area contributed by atoms with E-state index in [9.17, 15) is 0 Å². The second-order valence-electron chi connectivity index (χ2n) is 4.13. The van der Waals surface area contributed by atoms with Crippen LogP contribution >= 0.6 is 11.3 Å². The highest BCUT2D eigenvalue weighted by molar-refractivity contribution is 7.13. The molecule has 2 aromatic heterocycles. The van der Waals surface area contributed by atoms with Gasteiger partial charge >= 0.3 is 0 Å². The van der Waals surface area contributed by atoms with Gasteiger partial charge in [0, 0.05) is 0 Å². The number of thiophene rings is 1. The van der Waals surface area contributed by atoms with Gasteiger partial charge in [0.1, 0.15) is 16.7 Å². The third kappa shape index (κ3) is 2.51. The lowest BCUT2D eigenvalue weighted by Crippen LogP contribution is -1.94. The predicted molar refractivity (Wildman–Crippen MR) is 78.9 cm³/mol. The van der Waals surface area contributed by atoms with Crippen molar-refractivity contribution in [3.05, 3.63) is 41.3 Å². The predicted octanol–water partition coefficient (Wildman–Crippen LogP) is 3.74. The molecule has 0 amide bonds. The Morgan fingerprint density at radius 3 is 3.00 bits per heavy atom. The van der Waals surface area contributed by atoms with E-state index < -0.39 is 0 Å². The third-order valence-electron chi connectivity index (χ3n) is 2.83. The van der Waals surface area contributed by atoms with E-state index >= 15 is 0 Å². The molecule has 0 bridgehead atoms. The molecule has 3 rings (SSSR count). The highest BCUT2D eigenvalue weighted by atomic mass is 32.1. The van der Waals surface area contributed by atoms with Gasteiger partial charge in [0.15, 0.2) is 0 Å². The van der Waals surface area contributed by atoms with Crippen LogP contribution in [0.5, 0.6) is 5.75 Å². The maximum Gasteiger partial charge on any atom is 0.269 e. The maximum atomic E-state index is 9.05. The Hall–Kier alpha value is -2.65. The van der Waals surface area contributed by atoms with Crippen LogP contribution in [0.25, 0.3) is 22.2 Å². The van der Waals surface area contributed by atoms with Crippen LogP contribution in [0, 0.1) is 11.3 Å². The van der Waals surface area contributed by atoms with Gasteiger partial charge in [-0.2, -0.15) is 10.2 Å². The van der Waals surface area contributed by atoms with E-state index in [1.807, 2.05) is 36.6 Å². The Labute approximate surface area is 125 Å². The van der Waals surface area contributed by atoms with E-state index in [0.717, 1.165) is 5.56 Å². The Balaban J connectivity index is 2.02. The zero-order valence-electron chi connectivity index (χ0n) is 11.2. The molecule has 0 aliphatic carbocycles. The molecule has 0 radical (unpaired) electrons. The summed E-state index contributed by atoms with van der Waals surface area (Å²) in [6.07, 6.45) is 0. The van der Waals surface area contributed by atoms with E-state index in [2.05, 4.69) is 16.2 Å². The number of para-hydroxylation sites is 1. The molecule has 1 aromatic carbocycles. The van der Waals surface area contributed by atoms with Crippen molar-refractivity contribution in [2.24, 2.45) is 0 Å². The maximum absolute atomic E-state index is 9.05. The summed E-state index contributed by atoms with van der Waals surface area (Å²) >= 11 is 1.40. The van der Waals surface area contributed by atoms with Gasteiger partial charge in [-0.1, -0.05) is 17.3 Å². The standard InChI is InChI=1S/C15H11N3O2S/c1-2-19-12-6-4-3-5-11(12)14-17-15(20-18-14)13-10(9-16)7-8-21-13/h3-8H,2H2,1H3. The Kier molecular flexibility index (Phi) is 3.67. The van der Waals surface area contributed by atoms with E-state index in [4.69, 9.17) is 14.5 Å². The second kappa shape index (κ2) is 5.77. The first kappa shape index (κ1) is 13.3. The fraction of sp³-hybridized carbons (Fsp3) is 0.133. The molecular weight excluding hydrogens is 286 g/mol. The molecule has 0 atom stereocenters. The average Bonchev–Trinajstić information content (AvgIpc) is 3.16. The first-order valence-electron chi connectivity index (χ1n) is 6.37. The van der Waals surface area contributed by atoms with E-state index in [-0.39, 0.29) is 0 Å². The van der Waals surface area contributed by atoms with Gasteiger partial charge < -0.3 is 9.26 Å². The summed E-state index contributed by atoms with van der Waals surface area (Å²) in [5, 5.41) is 14.9. The first-order valence-corrected chi connectivity index (χ1v) is 7.25. The fourth-order valence-electron chi connectivity index (χ4n) is 1.92. The average molecular weight is 297 g/mol. The zero-order chi connectivity index (χ0) is 14.7. The second-order valence-corrected chi connectivity index (χ2v) is 5.04. The highest BCUT2D eigenvalue weighted by Crippen LogP contribution is 2.32. The minimum atomic E-state index is 0.350. The molecule has 0 fully saturated rings. The summed E-state index contributed by atoms with van der Waals surface area (Å²) in [6, 6.07) is 11.4. The summed E-state index contributed by atoms with van der Waals surface area (Å²) in [5.74, 6) is 1.51. The van der Waals surface area contributed by atoms with Crippen LogP contribution in [0.3, 0.4) is 0 Å². The van der Waals surface area contributed by atoms with Crippen LogP contribution in [0.2, 0.25) is 0 Å². The number of ether oxygens (including phenoxy) is 1. The summed E-state index contributed by atoms with van der Waals surface area (Å²) in [7, 11) is 0. The molecular formula is C15H11N3O2S. The van der Waals surface area contributed by atoms with Gasteiger partial charge in [-0.15, -0.1) is 11.3 Å². The molecule has 104 valence electrons. The molecule has 3 aromatic rings. The monoisotopic (exact) mass is 297 g/mol. The van der Waals surface area contributed by atoms with Crippen LogP contribution in [0.15, 0.2) is 40.2 Å². The van der Waals surface area contributed by atoms with E-state index in [0.29, 0.717) is 34.5 Å². The molecule has 2 heterocycles. The number of aromatic nitrogens is 2. The van der Waals surface area contributed by atoms with Crippen molar-refractivity contribution in [3.8, 4) is 34.0 Å². The third-order valence-corrected chi connectivity index (χ3v) is 3.74. The number of nitrogens with zero attached hydrogens (tertiary/aromatic N) is 3. The molecule has 0 N–H and O–H groups in total. The molecule has 0 aliphatic rings. The Bertz CT molecular complexity index is 801. The minimum absolute atomic E-state index is 0.350. The lowest BCUT2D eigenvalue weighted by molar-refractivity contribution is 0.341. The van der Waals surface area contributed by atoms with Crippen molar-refractivity contribution < 1.29 is 9.26 Å². The molecule has 0 aliphatic heterocycles. The van der Waals surface area contributed by atoms with Crippen LogP contribution < -0.4 is 4.74 Å². The van der Waals surface area contributed by atoms with Crippen molar-refractivity contribution in [1.82, 2.24) is 10.1 Å². The van der Waals surface area contributed by atoms with Crippen molar-refractivity contribution >= 4 is 11.3 Å². The largest absolute Gasteiger partial charge is 0.493 e. The van der Waals surface area contributed by atoms with Crippen molar-refractivity contribution in [3.63, 3.8) is 0 Å². The molecule has 21 heavy (non-hydrogen) atoms. The molecule has 0 spiro atoms. The van der Waals surface area contributed by atoms with E-state index in [1.165, 1.54) is 11.3 Å². The van der Waals surface area contributed by atoms with Crippen LogP contribution in [0.4, 0.5) is 0 Å². The minimum Gasteiger partial charge on any atom is -0.493 e. The quantitative estimate of drug-likeness (QED) is 0.733. The summed E-state index contributed by atoms with van der Waals surface area (Å²) < 4.78 is 10.8. The molecule has 5 nitrogen and oxygen atoms in total. The van der Waals surface area contributed by atoms with E-state index in [1.54, 1.807) is 6.07 Å². The van der Waals surface area contributed by atoms with Gasteiger partial charge in [0.2, 0.25) is 5.82 Å². The summed E-state index contributed by atoms with van der Waals surface area (Å²) in [6.45, 7) is 2.48. The smallest absolute Gasteiger partial charge is 0.269 e. The number of nitriles is 1. The Morgan fingerprint density at radius 1 is 1.33 bits per heavy atom. The van der Waals surface area contributed by atoms with Gasteiger partial charge in [0.25, 0.3) is 5.89 Å². The zero-order valence-corrected chi connectivity index (χ0v) is 12.1. The van der Waals surface area contributed by atoms with Gasteiger partial charge in [-0.05, 0) is 30.5 Å². The van der Waals surface area contributed by atoms with Crippen LogP contribution in [-0.2, 0) is 0 Å². The fourth-order valence-corrected chi connectivity index (χ4v) is 2.69.